The summed E-state index contributed by atoms with van der Waals surface area (Å²) < 4.78 is 5.42. The van der Waals surface area contributed by atoms with Crippen molar-refractivity contribution >= 4 is 21.9 Å². The largest absolute Gasteiger partial charge is 0.467 e. The van der Waals surface area contributed by atoms with Crippen LogP contribution in [0.5, 0.6) is 0 Å². The van der Waals surface area contributed by atoms with Gasteiger partial charge in [-0.2, -0.15) is 0 Å². The maximum Gasteiger partial charge on any atom is 0.331 e. The van der Waals surface area contributed by atoms with E-state index in [0.29, 0.717) is 5.69 Å². The number of pyridine rings is 1. The molecule has 0 aliphatic rings. The summed E-state index contributed by atoms with van der Waals surface area (Å²) in [5, 5.41) is 0. The van der Waals surface area contributed by atoms with E-state index >= 15 is 0 Å². The summed E-state index contributed by atoms with van der Waals surface area (Å²) in [4.78, 5) is 15.4. The molecule has 0 aliphatic carbocycles. The Kier molecular flexibility index (Phi) is 3.23. The maximum atomic E-state index is 11.3. The maximum absolute atomic E-state index is 11.3. The van der Waals surface area contributed by atoms with Crippen molar-refractivity contribution in [1.82, 2.24) is 4.98 Å². The van der Waals surface area contributed by atoms with Crippen LogP contribution in [0.4, 0.5) is 0 Å². The summed E-state index contributed by atoms with van der Waals surface area (Å²) in [7, 11) is 1.30. The molecule has 0 radical (unpaired) electrons. The lowest BCUT2D eigenvalue weighted by molar-refractivity contribution is -0.146. The molecule has 1 heterocycles. The van der Waals surface area contributed by atoms with Crippen LogP contribution in [-0.2, 0) is 15.1 Å². The van der Waals surface area contributed by atoms with Gasteiger partial charge in [0.25, 0.3) is 0 Å². The number of hydrogen-bond donors (Lipinski definition) is 1. The Hall–Kier alpha value is -0.940. The van der Waals surface area contributed by atoms with E-state index in [0.717, 1.165) is 4.47 Å². The molecule has 0 spiro atoms. The summed E-state index contributed by atoms with van der Waals surface area (Å²) in [6, 6.07) is 3.46. The third-order valence-corrected chi connectivity index (χ3v) is 2.34. The molecule has 0 unspecified atom stereocenters. The molecule has 1 aromatic heterocycles. The Morgan fingerprint density at radius 2 is 2.29 bits per heavy atom. The Balaban J connectivity index is 3.03. The number of esters is 1. The van der Waals surface area contributed by atoms with Crippen molar-refractivity contribution in [2.24, 2.45) is 5.73 Å². The fraction of sp³-hybridized carbons (Fsp3) is 0.333. The molecule has 0 saturated heterocycles. The summed E-state index contributed by atoms with van der Waals surface area (Å²) in [6.45, 7) is 1.56. The Morgan fingerprint density at radius 1 is 1.64 bits per heavy atom. The number of aromatic nitrogens is 1. The number of ether oxygens (including phenoxy) is 1. The molecule has 2 N–H and O–H groups in total. The molecule has 5 heteroatoms. The smallest absolute Gasteiger partial charge is 0.331 e. The average Bonchev–Trinajstić information content (AvgIpc) is 2.17. The van der Waals surface area contributed by atoms with Gasteiger partial charge in [-0.1, -0.05) is 0 Å². The first-order valence-corrected chi connectivity index (χ1v) is 4.77. The highest BCUT2D eigenvalue weighted by Crippen LogP contribution is 2.18. The van der Waals surface area contributed by atoms with Gasteiger partial charge in [0, 0.05) is 10.7 Å². The van der Waals surface area contributed by atoms with E-state index in [1.165, 1.54) is 7.11 Å². The van der Waals surface area contributed by atoms with E-state index in [1.807, 2.05) is 0 Å². The van der Waals surface area contributed by atoms with E-state index in [1.54, 1.807) is 25.3 Å². The minimum absolute atomic E-state index is 0.479. The van der Waals surface area contributed by atoms with Crippen LogP contribution < -0.4 is 5.73 Å². The Labute approximate surface area is 90.6 Å². The lowest BCUT2D eigenvalue weighted by Gasteiger charge is -2.20. The quantitative estimate of drug-likeness (QED) is 0.810. The van der Waals surface area contributed by atoms with Gasteiger partial charge in [-0.3, -0.25) is 4.98 Å². The molecule has 0 aliphatic heterocycles. The summed E-state index contributed by atoms with van der Waals surface area (Å²) in [5.41, 5.74) is 5.07. The molecule has 0 fully saturated rings. The van der Waals surface area contributed by atoms with Crippen molar-refractivity contribution in [3.8, 4) is 0 Å². The highest BCUT2D eigenvalue weighted by atomic mass is 79.9. The van der Waals surface area contributed by atoms with Gasteiger partial charge in [0.1, 0.15) is 0 Å². The third kappa shape index (κ3) is 2.10. The number of nitrogens with two attached hydrogens (primary N) is 1. The first-order valence-electron chi connectivity index (χ1n) is 3.98. The second kappa shape index (κ2) is 4.06. The minimum atomic E-state index is -1.20. The number of halogens is 1. The zero-order valence-corrected chi connectivity index (χ0v) is 9.54. The highest BCUT2D eigenvalue weighted by Gasteiger charge is 2.32. The van der Waals surface area contributed by atoms with Crippen LogP contribution in [0.15, 0.2) is 22.8 Å². The lowest BCUT2D eigenvalue weighted by Crippen LogP contribution is -2.43. The van der Waals surface area contributed by atoms with Gasteiger partial charge in [0.2, 0.25) is 0 Å². The molecule has 76 valence electrons. The number of methoxy groups -OCH3 is 1. The van der Waals surface area contributed by atoms with Crippen LogP contribution in [0.1, 0.15) is 12.6 Å². The van der Waals surface area contributed by atoms with Crippen LogP contribution in [0, 0.1) is 0 Å². The monoisotopic (exact) mass is 258 g/mol. The fourth-order valence-electron chi connectivity index (χ4n) is 1.000. The number of rotatable bonds is 2. The van der Waals surface area contributed by atoms with Crippen molar-refractivity contribution < 1.29 is 9.53 Å². The average molecular weight is 259 g/mol. The van der Waals surface area contributed by atoms with Gasteiger partial charge in [-0.25, -0.2) is 4.79 Å². The summed E-state index contributed by atoms with van der Waals surface area (Å²) >= 11 is 3.25. The summed E-state index contributed by atoms with van der Waals surface area (Å²) in [6.07, 6.45) is 1.59. The first-order chi connectivity index (χ1) is 6.48. The molecular weight excluding hydrogens is 248 g/mol. The number of carbonyl (C=O) groups is 1. The van der Waals surface area contributed by atoms with E-state index in [-0.39, 0.29) is 0 Å². The molecule has 0 bridgehead atoms. The predicted molar refractivity (Wildman–Crippen MR) is 55.5 cm³/mol. The number of nitrogens with zero attached hydrogens (tertiary/aromatic N) is 1. The van der Waals surface area contributed by atoms with Gasteiger partial charge in [-0.15, -0.1) is 0 Å². The van der Waals surface area contributed by atoms with Gasteiger partial charge >= 0.3 is 5.97 Å². The number of hydrogen-bond acceptors (Lipinski definition) is 4. The van der Waals surface area contributed by atoms with E-state index < -0.39 is 11.5 Å². The molecule has 0 saturated carbocycles. The number of carbonyl (C=O) groups excluding carboxylic acids is 1. The van der Waals surface area contributed by atoms with E-state index in [2.05, 4.69) is 25.7 Å². The standard InChI is InChI=1S/C9H11BrN2O2/c1-9(11,8(13)14-2)7-4-3-6(10)5-12-7/h3-5H,11H2,1-2H3/t9-/m0/s1. The van der Waals surface area contributed by atoms with Crippen LogP contribution >= 0.6 is 15.9 Å². The van der Waals surface area contributed by atoms with E-state index in [4.69, 9.17) is 5.73 Å². The molecule has 1 rings (SSSR count). The predicted octanol–water partition coefficient (Wildman–Crippen LogP) is 1.19. The zero-order chi connectivity index (χ0) is 10.8. The van der Waals surface area contributed by atoms with Crippen molar-refractivity contribution in [2.45, 2.75) is 12.5 Å². The molecule has 0 aromatic carbocycles. The Bertz CT molecular complexity index is 335. The lowest BCUT2D eigenvalue weighted by atomic mass is 9.99. The van der Waals surface area contributed by atoms with Gasteiger partial charge in [0.15, 0.2) is 5.54 Å². The minimum Gasteiger partial charge on any atom is -0.467 e. The zero-order valence-electron chi connectivity index (χ0n) is 7.95. The molecular formula is C9H11BrN2O2. The Morgan fingerprint density at radius 3 is 2.71 bits per heavy atom. The molecule has 1 aromatic rings. The molecule has 14 heavy (non-hydrogen) atoms. The second-order valence-corrected chi connectivity index (χ2v) is 3.97. The van der Waals surface area contributed by atoms with Crippen LogP contribution in [0.3, 0.4) is 0 Å². The molecule has 4 nitrogen and oxygen atoms in total. The topological polar surface area (TPSA) is 65.2 Å². The van der Waals surface area contributed by atoms with Crippen molar-refractivity contribution in [3.63, 3.8) is 0 Å². The van der Waals surface area contributed by atoms with Crippen molar-refractivity contribution in [3.05, 3.63) is 28.5 Å². The van der Waals surface area contributed by atoms with Crippen LogP contribution in [0.2, 0.25) is 0 Å². The van der Waals surface area contributed by atoms with Crippen LogP contribution in [-0.4, -0.2) is 18.1 Å². The van der Waals surface area contributed by atoms with Crippen LogP contribution in [0.25, 0.3) is 0 Å². The van der Waals surface area contributed by atoms with Gasteiger partial charge in [0.05, 0.1) is 12.8 Å². The van der Waals surface area contributed by atoms with Gasteiger partial charge < -0.3 is 10.5 Å². The normalized spacial score (nSPS) is 14.6. The molecule has 1 atom stereocenters. The first kappa shape index (κ1) is 11.1. The van der Waals surface area contributed by atoms with Crippen molar-refractivity contribution in [2.75, 3.05) is 7.11 Å². The van der Waals surface area contributed by atoms with Crippen molar-refractivity contribution in [1.29, 1.82) is 0 Å². The van der Waals surface area contributed by atoms with E-state index in [9.17, 15) is 4.79 Å². The fourth-order valence-corrected chi connectivity index (χ4v) is 1.23. The third-order valence-electron chi connectivity index (χ3n) is 1.87. The highest BCUT2D eigenvalue weighted by molar-refractivity contribution is 9.10. The SMILES string of the molecule is COC(=O)[C@@](C)(N)c1ccc(Br)cn1. The van der Waals surface area contributed by atoms with Gasteiger partial charge in [-0.05, 0) is 35.0 Å². The second-order valence-electron chi connectivity index (χ2n) is 3.06. The summed E-state index contributed by atoms with van der Waals surface area (Å²) in [5.74, 6) is -0.507. The molecule has 0 amide bonds.